The van der Waals surface area contributed by atoms with Crippen molar-refractivity contribution in [2.45, 2.75) is 52.9 Å². The van der Waals surface area contributed by atoms with Gasteiger partial charge < -0.3 is 4.74 Å². The van der Waals surface area contributed by atoms with Gasteiger partial charge in [-0.15, -0.1) is 0 Å². The van der Waals surface area contributed by atoms with Crippen LogP contribution in [0.1, 0.15) is 52.9 Å². The number of esters is 1. The van der Waals surface area contributed by atoms with Gasteiger partial charge in [0.05, 0.1) is 5.57 Å². The Morgan fingerprint density at radius 3 is 2.77 bits per heavy atom. The molecule has 2 fully saturated rings. The van der Waals surface area contributed by atoms with Crippen LogP contribution in [-0.2, 0) is 9.53 Å². The highest BCUT2D eigenvalue weighted by Gasteiger charge is 2.52. The zero-order valence-electron chi connectivity index (χ0n) is 14.2. The first-order chi connectivity index (χ1) is 10.3. The van der Waals surface area contributed by atoms with Gasteiger partial charge in [0.1, 0.15) is 6.61 Å². The maximum Gasteiger partial charge on any atom is 0.338 e. The summed E-state index contributed by atoms with van der Waals surface area (Å²) in [5.41, 5.74) is 2.72. The van der Waals surface area contributed by atoms with Crippen LogP contribution in [0.2, 0.25) is 0 Å². The minimum Gasteiger partial charge on any atom is -0.458 e. The summed E-state index contributed by atoms with van der Waals surface area (Å²) in [6.07, 6.45) is 12.3. The smallest absolute Gasteiger partial charge is 0.338 e. The van der Waals surface area contributed by atoms with E-state index in [9.17, 15) is 4.79 Å². The fourth-order valence-corrected chi connectivity index (χ4v) is 5.28. The number of carbonyl (C=O) groups excluding carboxylic acids is 1. The van der Waals surface area contributed by atoms with E-state index in [0.29, 0.717) is 23.5 Å². The molecule has 2 saturated carbocycles. The molecule has 0 spiro atoms. The Morgan fingerprint density at radius 2 is 2.09 bits per heavy atom. The Kier molecular flexibility index (Phi) is 3.82. The molecular weight excluding hydrogens is 272 g/mol. The summed E-state index contributed by atoms with van der Waals surface area (Å²) in [5, 5.41) is 0. The van der Waals surface area contributed by atoms with Gasteiger partial charge in [-0.2, -0.15) is 0 Å². The molecule has 3 aliphatic rings. The molecule has 22 heavy (non-hydrogen) atoms. The zero-order chi connectivity index (χ0) is 16.0. The van der Waals surface area contributed by atoms with Crippen molar-refractivity contribution in [2.24, 2.45) is 22.7 Å². The molecule has 1 unspecified atom stereocenters. The molecule has 0 saturated heterocycles. The van der Waals surface area contributed by atoms with Crippen molar-refractivity contribution >= 4 is 5.97 Å². The lowest BCUT2D eigenvalue weighted by Crippen LogP contribution is -2.48. The Hall–Kier alpha value is -1.31. The molecule has 1 heterocycles. The lowest BCUT2D eigenvalue weighted by atomic mass is 9.47. The van der Waals surface area contributed by atoms with Crippen molar-refractivity contribution in [1.82, 2.24) is 0 Å². The second-order valence-corrected chi connectivity index (χ2v) is 8.19. The molecule has 0 aromatic heterocycles. The normalized spacial score (nSPS) is 37.9. The van der Waals surface area contributed by atoms with E-state index in [1.165, 1.54) is 31.3 Å². The van der Waals surface area contributed by atoms with Crippen LogP contribution >= 0.6 is 0 Å². The molecule has 120 valence electrons. The highest BCUT2D eigenvalue weighted by atomic mass is 16.5. The summed E-state index contributed by atoms with van der Waals surface area (Å²) >= 11 is 0. The first-order valence-electron chi connectivity index (χ1n) is 8.58. The van der Waals surface area contributed by atoms with Gasteiger partial charge in [0.25, 0.3) is 0 Å². The first kappa shape index (κ1) is 15.6. The van der Waals surface area contributed by atoms with E-state index in [0.717, 1.165) is 12.3 Å². The van der Waals surface area contributed by atoms with Crippen LogP contribution in [0, 0.1) is 22.7 Å². The molecular formula is C20H28O2. The van der Waals surface area contributed by atoms with E-state index in [1.807, 2.05) is 12.2 Å². The van der Waals surface area contributed by atoms with E-state index in [4.69, 9.17) is 4.74 Å². The topological polar surface area (TPSA) is 26.3 Å². The van der Waals surface area contributed by atoms with Gasteiger partial charge in [0.2, 0.25) is 0 Å². The highest BCUT2D eigenvalue weighted by molar-refractivity contribution is 5.93. The molecule has 2 heteroatoms. The van der Waals surface area contributed by atoms with Crippen molar-refractivity contribution in [2.75, 3.05) is 6.61 Å². The van der Waals surface area contributed by atoms with Crippen LogP contribution in [0.15, 0.2) is 36.0 Å². The average molecular weight is 300 g/mol. The van der Waals surface area contributed by atoms with Crippen LogP contribution in [0.25, 0.3) is 0 Å². The fraction of sp³-hybridized carbons (Fsp3) is 0.650. The number of hydrogen-bond acceptors (Lipinski definition) is 2. The second-order valence-electron chi connectivity index (χ2n) is 8.19. The molecule has 2 nitrogen and oxygen atoms in total. The van der Waals surface area contributed by atoms with E-state index in [1.54, 1.807) is 0 Å². The highest BCUT2D eigenvalue weighted by Crippen LogP contribution is 2.61. The standard InChI is InChI=1S/C20H28O2/c1-14-6-9-17-19(2,3)11-5-12-20(17,4)16(14)8-7-15-10-13-22-18(15)21/h7-8,10,16-17H,1,5-6,9,11-13H2,2-4H3/b8-7+/t16-,17?,20+/m0/s1. The lowest BCUT2D eigenvalue weighted by Gasteiger charge is -2.57. The van der Waals surface area contributed by atoms with E-state index in [2.05, 4.69) is 33.4 Å². The van der Waals surface area contributed by atoms with Gasteiger partial charge in [-0.25, -0.2) is 4.79 Å². The predicted octanol–water partition coefficient (Wildman–Crippen LogP) is 4.82. The molecule has 2 aliphatic carbocycles. The van der Waals surface area contributed by atoms with Gasteiger partial charge in [-0.05, 0) is 48.5 Å². The molecule has 3 atom stereocenters. The molecule has 0 aromatic carbocycles. The quantitative estimate of drug-likeness (QED) is 0.539. The molecule has 1 aliphatic heterocycles. The fourth-order valence-electron chi connectivity index (χ4n) is 5.28. The number of rotatable bonds is 2. The Morgan fingerprint density at radius 1 is 1.32 bits per heavy atom. The van der Waals surface area contributed by atoms with Gasteiger partial charge in [0, 0.05) is 5.92 Å². The number of fused-ring (bicyclic) bond motifs is 1. The maximum absolute atomic E-state index is 11.6. The Balaban J connectivity index is 1.89. The van der Waals surface area contributed by atoms with Crippen LogP contribution in [0.3, 0.4) is 0 Å². The first-order valence-corrected chi connectivity index (χ1v) is 8.58. The minimum absolute atomic E-state index is 0.191. The van der Waals surface area contributed by atoms with E-state index >= 15 is 0 Å². The minimum atomic E-state index is -0.191. The molecule has 0 bridgehead atoms. The molecule has 0 radical (unpaired) electrons. The van der Waals surface area contributed by atoms with Crippen LogP contribution in [0.5, 0.6) is 0 Å². The summed E-state index contributed by atoms with van der Waals surface area (Å²) in [6, 6.07) is 0. The van der Waals surface area contributed by atoms with Crippen molar-refractivity contribution in [3.63, 3.8) is 0 Å². The molecule has 0 N–H and O–H groups in total. The van der Waals surface area contributed by atoms with Crippen LogP contribution < -0.4 is 0 Å². The molecule has 0 aromatic rings. The summed E-state index contributed by atoms with van der Waals surface area (Å²) in [7, 11) is 0. The SMILES string of the molecule is C=C1CCC2C(C)(C)CCC[C@]2(C)[C@H]1/C=C/C1=CCOC1=O. The van der Waals surface area contributed by atoms with Gasteiger partial charge >= 0.3 is 5.97 Å². The van der Waals surface area contributed by atoms with E-state index < -0.39 is 0 Å². The predicted molar refractivity (Wildman–Crippen MR) is 89.3 cm³/mol. The van der Waals surface area contributed by atoms with Crippen molar-refractivity contribution in [3.8, 4) is 0 Å². The molecule has 0 amide bonds. The van der Waals surface area contributed by atoms with Crippen molar-refractivity contribution in [3.05, 3.63) is 36.0 Å². The maximum atomic E-state index is 11.6. The van der Waals surface area contributed by atoms with Crippen LogP contribution in [0.4, 0.5) is 0 Å². The summed E-state index contributed by atoms with van der Waals surface area (Å²) in [4.78, 5) is 11.6. The average Bonchev–Trinajstić information content (AvgIpc) is 2.82. The number of hydrogen-bond donors (Lipinski definition) is 0. The number of carbonyl (C=O) groups is 1. The third kappa shape index (κ3) is 2.47. The Bertz CT molecular complexity index is 552. The second kappa shape index (κ2) is 5.40. The van der Waals surface area contributed by atoms with Gasteiger partial charge in [-0.3, -0.25) is 0 Å². The number of allylic oxidation sites excluding steroid dienone is 2. The molecule has 3 rings (SSSR count). The van der Waals surface area contributed by atoms with Crippen LogP contribution in [-0.4, -0.2) is 12.6 Å². The Labute approximate surface area is 134 Å². The largest absolute Gasteiger partial charge is 0.458 e. The van der Waals surface area contributed by atoms with Gasteiger partial charge in [-0.1, -0.05) is 51.5 Å². The summed E-state index contributed by atoms with van der Waals surface area (Å²) in [6.45, 7) is 12.1. The zero-order valence-corrected chi connectivity index (χ0v) is 14.2. The third-order valence-corrected chi connectivity index (χ3v) is 6.40. The number of cyclic esters (lactones) is 1. The van der Waals surface area contributed by atoms with E-state index in [-0.39, 0.29) is 11.4 Å². The number of ether oxygens (including phenoxy) is 1. The third-order valence-electron chi connectivity index (χ3n) is 6.40. The van der Waals surface area contributed by atoms with Crippen molar-refractivity contribution < 1.29 is 9.53 Å². The summed E-state index contributed by atoms with van der Waals surface area (Å²) in [5.74, 6) is 0.918. The lowest BCUT2D eigenvalue weighted by molar-refractivity contribution is -0.135. The van der Waals surface area contributed by atoms with Crippen molar-refractivity contribution in [1.29, 1.82) is 0 Å². The van der Waals surface area contributed by atoms with Gasteiger partial charge in [0.15, 0.2) is 0 Å². The monoisotopic (exact) mass is 300 g/mol. The summed E-state index contributed by atoms with van der Waals surface area (Å²) < 4.78 is 4.99.